The molecule has 13 nitrogen and oxygen atoms in total. The van der Waals surface area contributed by atoms with Crippen LogP contribution in [0.2, 0.25) is 0 Å². The number of carbonyl (C=O) groups excluding carboxylic acids is 1. The Bertz CT molecular complexity index is 451. The van der Waals surface area contributed by atoms with Crippen LogP contribution in [0, 0.1) is 0 Å². The van der Waals surface area contributed by atoms with Crippen LogP contribution in [0.15, 0.2) is 0 Å². The number of aliphatic hydroxyl groups is 5. The molecule has 13 heteroatoms. The number of nitrogens with two attached hydrogens (primary N) is 1. The predicted molar refractivity (Wildman–Crippen MR) is 76.2 cm³/mol. The fourth-order valence-corrected chi connectivity index (χ4v) is 1.36. The first-order valence-corrected chi connectivity index (χ1v) is 6.57. The van der Waals surface area contributed by atoms with Crippen LogP contribution in [0.25, 0.3) is 0 Å². The first-order chi connectivity index (χ1) is 11.3. The van der Waals surface area contributed by atoms with Gasteiger partial charge in [0.15, 0.2) is 5.60 Å². The summed E-state index contributed by atoms with van der Waals surface area (Å²) in [6.07, 6.45) is -6.72. The maximum atomic E-state index is 10.3. The van der Waals surface area contributed by atoms with Gasteiger partial charge < -0.3 is 51.4 Å². The van der Waals surface area contributed by atoms with Crippen LogP contribution >= 0.6 is 0 Å². The van der Waals surface area contributed by atoms with Crippen molar-refractivity contribution in [3.63, 3.8) is 0 Å². The van der Waals surface area contributed by atoms with Gasteiger partial charge in [0.1, 0.15) is 24.6 Å². The second-order valence-corrected chi connectivity index (χ2v) is 4.92. The topological polar surface area (TPSA) is 256 Å². The van der Waals surface area contributed by atoms with Crippen molar-refractivity contribution < 1.29 is 60.0 Å². The quantitative estimate of drug-likeness (QED) is 0.164. The normalized spacial score (nSPS) is 15.8. The van der Waals surface area contributed by atoms with Crippen LogP contribution in [0.3, 0.4) is 0 Å². The van der Waals surface area contributed by atoms with E-state index in [1.807, 2.05) is 0 Å². The van der Waals surface area contributed by atoms with Crippen LogP contribution < -0.4 is 5.73 Å². The minimum absolute atomic E-state index is 0.248. The second kappa shape index (κ2) is 11.4. The lowest BCUT2D eigenvalue weighted by Crippen LogP contribution is -2.49. The van der Waals surface area contributed by atoms with Gasteiger partial charge in [-0.1, -0.05) is 0 Å². The molecule has 0 radical (unpaired) electrons. The van der Waals surface area contributed by atoms with E-state index in [0.29, 0.717) is 0 Å². The lowest BCUT2D eigenvalue weighted by Gasteiger charge is -2.23. The van der Waals surface area contributed by atoms with E-state index >= 15 is 0 Å². The number of aldehydes is 1. The van der Waals surface area contributed by atoms with E-state index in [2.05, 4.69) is 0 Å². The number of rotatable bonds is 10. The van der Waals surface area contributed by atoms with Gasteiger partial charge in [0.05, 0.1) is 25.5 Å². The summed E-state index contributed by atoms with van der Waals surface area (Å²) >= 11 is 0. The van der Waals surface area contributed by atoms with Crippen molar-refractivity contribution >= 4 is 24.2 Å². The van der Waals surface area contributed by atoms with Gasteiger partial charge in [-0.3, -0.25) is 9.59 Å². The monoisotopic (exact) mass is 371 g/mol. The van der Waals surface area contributed by atoms with Crippen molar-refractivity contribution in [3.8, 4) is 0 Å². The van der Waals surface area contributed by atoms with E-state index in [0.717, 1.165) is 0 Å². The molecule has 0 fully saturated rings. The molecule has 0 aromatic rings. The number of hydrogen-bond acceptors (Lipinski definition) is 10. The zero-order chi connectivity index (χ0) is 20.4. The molecular formula is C12H21NO12. The van der Waals surface area contributed by atoms with Gasteiger partial charge in [-0.2, -0.15) is 0 Å². The molecule has 0 bridgehead atoms. The van der Waals surface area contributed by atoms with Gasteiger partial charge in [-0.25, -0.2) is 4.79 Å². The van der Waals surface area contributed by atoms with Crippen LogP contribution in [-0.2, 0) is 19.2 Å². The summed E-state index contributed by atoms with van der Waals surface area (Å²) in [5, 5.41) is 69.0. The van der Waals surface area contributed by atoms with E-state index < -0.39 is 67.3 Å². The average Bonchev–Trinajstić information content (AvgIpc) is 2.50. The van der Waals surface area contributed by atoms with E-state index in [1.165, 1.54) is 0 Å². The largest absolute Gasteiger partial charge is 0.481 e. The molecule has 0 saturated carbocycles. The highest BCUT2D eigenvalue weighted by molar-refractivity contribution is 5.88. The number of carbonyl (C=O) groups is 4. The lowest BCUT2D eigenvalue weighted by molar-refractivity contribution is -0.170. The Morgan fingerprint density at radius 2 is 1.36 bits per heavy atom. The molecule has 25 heavy (non-hydrogen) atoms. The van der Waals surface area contributed by atoms with Gasteiger partial charge >= 0.3 is 17.9 Å². The first-order valence-electron chi connectivity index (χ1n) is 6.57. The van der Waals surface area contributed by atoms with Crippen molar-refractivity contribution in [2.45, 2.75) is 42.8 Å². The molecule has 0 heterocycles. The molecular weight excluding hydrogens is 350 g/mol. The number of carboxylic acid groups (broad SMARTS) is 3. The van der Waals surface area contributed by atoms with Gasteiger partial charge in [0, 0.05) is 0 Å². The maximum absolute atomic E-state index is 10.3. The van der Waals surface area contributed by atoms with Crippen LogP contribution in [0.4, 0.5) is 0 Å². The lowest BCUT2D eigenvalue weighted by atomic mass is 9.96. The van der Waals surface area contributed by atoms with E-state index in [4.69, 9.17) is 46.6 Å². The van der Waals surface area contributed by atoms with E-state index in [1.54, 1.807) is 0 Å². The smallest absolute Gasteiger partial charge is 0.336 e. The molecule has 0 aromatic carbocycles. The fourth-order valence-electron chi connectivity index (χ4n) is 1.36. The van der Waals surface area contributed by atoms with E-state index in [9.17, 15) is 19.2 Å². The Morgan fingerprint density at radius 3 is 1.60 bits per heavy atom. The van der Waals surface area contributed by atoms with Crippen molar-refractivity contribution in [2.24, 2.45) is 5.73 Å². The minimum Gasteiger partial charge on any atom is -0.481 e. The molecule has 146 valence electrons. The SMILES string of the molecule is N[C@@H](C=O)[C@@H](O)[C@H](O)[C@H](O)CO.O=C(O)CC(O)(CC(=O)O)C(=O)O. The molecule has 0 rings (SSSR count). The first kappa shape index (κ1) is 25.1. The predicted octanol–water partition coefficient (Wildman–Crippen LogP) is -4.66. The van der Waals surface area contributed by atoms with Gasteiger partial charge in [-0.15, -0.1) is 0 Å². The van der Waals surface area contributed by atoms with Crippen molar-refractivity contribution in [2.75, 3.05) is 6.61 Å². The zero-order valence-corrected chi connectivity index (χ0v) is 12.8. The molecule has 0 spiro atoms. The Balaban J connectivity index is 0. The summed E-state index contributed by atoms with van der Waals surface area (Å²) in [6, 6.07) is -1.26. The number of hydrogen-bond donors (Lipinski definition) is 9. The van der Waals surface area contributed by atoms with Crippen molar-refractivity contribution in [1.82, 2.24) is 0 Å². The minimum atomic E-state index is -2.74. The molecule has 0 saturated heterocycles. The molecule has 0 aliphatic carbocycles. The molecule has 0 aromatic heterocycles. The standard InChI is InChI=1S/C6H13NO5.C6H8O7/c7-3(1-8)5(11)6(12)4(10)2-9;7-3(8)1-6(13,5(11)12)2-4(9)10/h1,3-6,9-12H,2,7H2;13H,1-2H2,(H,7,8)(H,9,10)(H,11,12)/t3-,4+,5+,6+;/m0./s1. The molecule has 0 amide bonds. The summed E-state index contributed by atoms with van der Waals surface area (Å²) < 4.78 is 0. The van der Waals surface area contributed by atoms with Crippen molar-refractivity contribution in [3.05, 3.63) is 0 Å². The fraction of sp³-hybridized carbons (Fsp3) is 0.667. The van der Waals surface area contributed by atoms with Crippen LogP contribution in [0.1, 0.15) is 12.8 Å². The van der Waals surface area contributed by atoms with Crippen LogP contribution in [-0.4, -0.2) is 102 Å². The Kier molecular flexibility index (Phi) is 11.4. The summed E-state index contributed by atoms with van der Waals surface area (Å²) in [6.45, 7) is -0.705. The van der Waals surface area contributed by atoms with E-state index in [-0.39, 0.29) is 6.29 Å². The van der Waals surface area contributed by atoms with Gasteiger partial charge in [0.25, 0.3) is 0 Å². The summed E-state index contributed by atoms with van der Waals surface area (Å²) in [7, 11) is 0. The average molecular weight is 371 g/mol. The molecule has 10 N–H and O–H groups in total. The number of carboxylic acids is 3. The number of aliphatic hydroxyl groups excluding tert-OH is 4. The van der Waals surface area contributed by atoms with Gasteiger partial charge in [-0.05, 0) is 0 Å². The summed E-state index contributed by atoms with van der Waals surface area (Å²) in [4.78, 5) is 40.5. The Labute approximate surface area is 140 Å². The molecule has 4 atom stereocenters. The molecule has 0 aliphatic rings. The molecule has 0 aliphatic heterocycles. The summed E-state index contributed by atoms with van der Waals surface area (Å²) in [5.41, 5.74) is 2.30. The second-order valence-electron chi connectivity index (χ2n) is 4.92. The third kappa shape index (κ3) is 9.65. The zero-order valence-electron chi connectivity index (χ0n) is 12.8. The highest BCUT2D eigenvalue weighted by Gasteiger charge is 2.40. The highest BCUT2D eigenvalue weighted by Crippen LogP contribution is 2.15. The maximum Gasteiger partial charge on any atom is 0.336 e. The highest BCUT2D eigenvalue weighted by atomic mass is 16.4. The molecule has 0 unspecified atom stereocenters. The Hall–Kier alpha value is -2.16. The van der Waals surface area contributed by atoms with Crippen LogP contribution in [0.5, 0.6) is 0 Å². The third-order valence-corrected chi connectivity index (χ3v) is 2.77. The van der Waals surface area contributed by atoms with Gasteiger partial charge in [0.2, 0.25) is 0 Å². The Morgan fingerprint density at radius 1 is 0.960 bits per heavy atom. The third-order valence-electron chi connectivity index (χ3n) is 2.77. The van der Waals surface area contributed by atoms with Crippen molar-refractivity contribution in [1.29, 1.82) is 0 Å². The number of aliphatic carboxylic acids is 3. The summed E-state index contributed by atoms with van der Waals surface area (Å²) in [5.74, 6) is -5.02.